The van der Waals surface area contributed by atoms with Crippen LogP contribution in [0.1, 0.15) is 35.7 Å². The molecular weight excluding hydrogens is 300 g/mol. The zero-order valence-corrected chi connectivity index (χ0v) is 13.4. The Morgan fingerprint density at radius 2 is 1.86 bits per heavy atom. The van der Waals surface area contributed by atoms with Crippen molar-refractivity contribution in [3.63, 3.8) is 0 Å². The lowest BCUT2D eigenvalue weighted by Crippen LogP contribution is -2.47. The van der Waals surface area contributed by atoms with Gasteiger partial charge in [0, 0.05) is 18.7 Å². The number of likely N-dealkylation sites (tertiary alicyclic amines) is 1. The minimum absolute atomic E-state index is 0.229. The van der Waals surface area contributed by atoms with E-state index in [1.54, 1.807) is 12.1 Å². The van der Waals surface area contributed by atoms with Gasteiger partial charge in [0.25, 0.3) is 5.91 Å². The number of hydrogen-bond donors (Lipinski definition) is 2. The van der Waals surface area contributed by atoms with Crippen LogP contribution in [0.15, 0.2) is 24.3 Å². The number of thiocarbonyl (C=S) groups is 1. The van der Waals surface area contributed by atoms with E-state index in [4.69, 9.17) is 17.3 Å². The molecule has 0 bridgehead atoms. The van der Waals surface area contributed by atoms with E-state index in [0.29, 0.717) is 36.6 Å². The van der Waals surface area contributed by atoms with Gasteiger partial charge in [-0.3, -0.25) is 14.9 Å². The summed E-state index contributed by atoms with van der Waals surface area (Å²) >= 11 is 5.25. The minimum atomic E-state index is -0.759. The maximum absolute atomic E-state index is 12.2. The summed E-state index contributed by atoms with van der Waals surface area (Å²) in [6, 6.07) is 7.42. The Balaban J connectivity index is 1.88. The van der Waals surface area contributed by atoms with Crippen molar-refractivity contribution in [3.05, 3.63) is 35.4 Å². The number of hydrogen-bond acceptors (Lipinski definition) is 3. The fourth-order valence-corrected chi connectivity index (χ4v) is 2.74. The van der Waals surface area contributed by atoms with E-state index in [1.165, 1.54) is 5.56 Å². The first-order valence-electron chi connectivity index (χ1n) is 7.43. The molecule has 0 spiro atoms. The molecular formula is C16H20N2O3S. The number of aryl methyl sites for hydroxylation is 1. The van der Waals surface area contributed by atoms with Gasteiger partial charge >= 0.3 is 5.97 Å². The van der Waals surface area contributed by atoms with Gasteiger partial charge in [-0.1, -0.05) is 19.1 Å². The van der Waals surface area contributed by atoms with Crippen LogP contribution in [-0.2, 0) is 11.2 Å². The molecule has 22 heavy (non-hydrogen) atoms. The number of piperidine rings is 1. The zero-order valence-electron chi connectivity index (χ0n) is 12.5. The summed E-state index contributed by atoms with van der Waals surface area (Å²) in [5.41, 5.74) is 1.75. The first kappa shape index (κ1) is 16.4. The molecule has 0 unspecified atom stereocenters. The molecule has 0 saturated carbocycles. The Hall–Kier alpha value is -1.95. The van der Waals surface area contributed by atoms with Crippen LogP contribution < -0.4 is 5.32 Å². The normalized spacial score (nSPS) is 15.4. The second kappa shape index (κ2) is 7.35. The SMILES string of the molecule is CCc1ccc(C(=O)NC(=S)N2CCC(C(=O)O)CC2)cc1. The van der Waals surface area contributed by atoms with Crippen LogP contribution in [0.3, 0.4) is 0 Å². The third kappa shape index (κ3) is 4.04. The molecule has 1 fully saturated rings. The molecule has 6 heteroatoms. The van der Waals surface area contributed by atoms with Crippen molar-refractivity contribution in [3.8, 4) is 0 Å². The van der Waals surface area contributed by atoms with Gasteiger partial charge in [-0.15, -0.1) is 0 Å². The molecule has 1 heterocycles. The number of carboxylic acid groups (broad SMARTS) is 1. The van der Waals surface area contributed by atoms with E-state index in [0.717, 1.165) is 6.42 Å². The fraction of sp³-hybridized carbons (Fsp3) is 0.438. The average molecular weight is 320 g/mol. The summed E-state index contributed by atoms with van der Waals surface area (Å²) in [5, 5.41) is 12.1. The lowest BCUT2D eigenvalue weighted by molar-refractivity contribution is -0.143. The average Bonchev–Trinajstić information content (AvgIpc) is 2.54. The molecule has 0 aromatic heterocycles. The highest BCUT2D eigenvalue weighted by atomic mass is 32.1. The van der Waals surface area contributed by atoms with Gasteiger partial charge in [0.2, 0.25) is 0 Å². The summed E-state index contributed by atoms with van der Waals surface area (Å²) in [6.45, 7) is 3.18. The highest BCUT2D eigenvalue weighted by molar-refractivity contribution is 7.80. The Labute approximate surface area is 135 Å². The van der Waals surface area contributed by atoms with Crippen molar-refractivity contribution in [2.75, 3.05) is 13.1 Å². The van der Waals surface area contributed by atoms with E-state index in [9.17, 15) is 9.59 Å². The molecule has 118 valence electrons. The van der Waals surface area contributed by atoms with Gasteiger partial charge in [0.05, 0.1) is 5.92 Å². The molecule has 2 N–H and O–H groups in total. The third-order valence-corrected chi connectivity index (χ3v) is 4.34. The zero-order chi connectivity index (χ0) is 16.1. The molecule has 0 atom stereocenters. The summed E-state index contributed by atoms with van der Waals surface area (Å²) in [4.78, 5) is 24.9. The van der Waals surface area contributed by atoms with Crippen molar-refractivity contribution in [1.82, 2.24) is 10.2 Å². The Bertz CT molecular complexity index is 563. The Morgan fingerprint density at radius 3 is 2.36 bits per heavy atom. The van der Waals surface area contributed by atoms with Gasteiger partial charge in [0.1, 0.15) is 0 Å². The second-order valence-corrected chi connectivity index (χ2v) is 5.80. The smallest absolute Gasteiger partial charge is 0.306 e. The molecule has 1 aliphatic heterocycles. The maximum Gasteiger partial charge on any atom is 0.306 e. The third-order valence-electron chi connectivity index (χ3n) is 3.98. The number of benzene rings is 1. The van der Waals surface area contributed by atoms with Crippen LogP contribution in [0.25, 0.3) is 0 Å². The topological polar surface area (TPSA) is 69.6 Å². The van der Waals surface area contributed by atoms with Gasteiger partial charge in [-0.25, -0.2) is 0 Å². The predicted molar refractivity (Wildman–Crippen MR) is 87.8 cm³/mol. The maximum atomic E-state index is 12.2. The fourth-order valence-electron chi connectivity index (χ4n) is 2.47. The second-order valence-electron chi connectivity index (χ2n) is 5.41. The van der Waals surface area contributed by atoms with E-state index >= 15 is 0 Å². The van der Waals surface area contributed by atoms with E-state index < -0.39 is 5.97 Å². The van der Waals surface area contributed by atoms with Crippen LogP contribution in [0.2, 0.25) is 0 Å². The number of rotatable bonds is 3. The van der Waals surface area contributed by atoms with Crippen LogP contribution in [0.4, 0.5) is 0 Å². The van der Waals surface area contributed by atoms with Crippen molar-refractivity contribution >= 4 is 29.2 Å². The highest BCUT2D eigenvalue weighted by Gasteiger charge is 2.26. The largest absolute Gasteiger partial charge is 0.481 e. The van der Waals surface area contributed by atoms with Gasteiger partial charge in [-0.05, 0) is 49.2 Å². The van der Waals surface area contributed by atoms with Gasteiger partial charge in [0.15, 0.2) is 5.11 Å². The lowest BCUT2D eigenvalue weighted by atomic mass is 9.97. The van der Waals surface area contributed by atoms with Crippen LogP contribution >= 0.6 is 12.2 Å². The Morgan fingerprint density at radius 1 is 1.27 bits per heavy atom. The molecule has 1 aromatic rings. The highest BCUT2D eigenvalue weighted by Crippen LogP contribution is 2.17. The van der Waals surface area contributed by atoms with Gasteiger partial charge < -0.3 is 10.0 Å². The number of carboxylic acids is 1. The van der Waals surface area contributed by atoms with Crippen molar-refractivity contribution in [2.24, 2.45) is 5.92 Å². The molecule has 1 aromatic carbocycles. The van der Waals surface area contributed by atoms with Gasteiger partial charge in [-0.2, -0.15) is 0 Å². The number of nitrogens with one attached hydrogen (secondary N) is 1. The van der Waals surface area contributed by atoms with Crippen molar-refractivity contribution < 1.29 is 14.7 Å². The number of aliphatic carboxylic acids is 1. The predicted octanol–water partition coefficient (Wildman–Crippen LogP) is 2.06. The lowest BCUT2D eigenvalue weighted by Gasteiger charge is -2.31. The molecule has 2 rings (SSSR count). The summed E-state index contributed by atoms with van der Waals surface area (Å²) in [5.74, 6) is -1.30. The standard InChI is InChI=1S/C16H20N2O3S/c1-2-11-3-5-12(6-4-11)14(19)17-16(22)18-9-7-13(8-10-18)15(20)21/h3-6,13H,2,7-10H2,1H3,(H,20,21)(H,17,19,22). The summed E-state index contributed by atoms with van der Waals surface area (Å²) < 4.78 is 0. The molecule has 0 aliphatic carbocycles. The summed E-state index contributed by atoms with van der Waals surface area (Å²) in [7, 11) is 0. The molecule has 1 aliphatic rings. The monoisotopic (exact) mass is 320 g/mol. The first-order chi connectivity index (χ1) is 10.5. The van der Waals surface area contributed by atoms with E-state index in [1.807, 2.05) is 17.0 Å². The van der Waals surface area contributed by atoms with Crippen molar-refractivity contribution in [2.45, 2.75) is 26.2 Å². The van der Waals surface area contributed by atoms with Crippen molar-refractivity contribution in [1.29, 1.82) is 0 Å². The number of nitrogens with zero attached hydrogens (tertiary/aromatic N) is 1. The van der Waals surface area contributed by atoms with Crippen LogP contribution in [-0.4, -0.2) is 40.1 Å². The van der Waals surface area contributed by atoms with Crippen LogP contribution in [0.5, 0.6) is 0 Å². The quantitative estimate of drug-likeness (QED) is 0.834. The molecule has 5 nitrogen and oxygen atoms in total. The number of carbonyl (C=O) groups excluding carboxylic acids is 1. The molecule has 0 radical (unpaired) electrons. The number of carbonyl (C=O) groups is 2. The summed E-state index contributed by atoms with van der Waals surface area (Å²) in [6.07, 6.45) is 2.03. The van der Waals surface area contributed by atoms with E-state index in [2.05, 4.69) is 12.2 Å². The van der Waals surface area contributed by atoms with E-state index in [-0.39, 0.29) is 11.8 Å². The first-order valence-corrected chi connectivity index (χ1v) is 7.84. The number of amides is 1. The molecule has 1 amide bonds. The Kier molecular flexibility index (Phi) is 5.49. The molecule has 1 saturated heterocycles. The van der Waals surface area contributed by atoms with Crippen LogP contribution in [0, 0.1) is 5.92 Å². The minimum Gasteiger partial charge on any atom is -0.481 e.